The van der Waals surface area contributed by atoms with Gasteiger partial charge >= 0.3 is 0 Å². The van der Waals surface area contributed by atoms with Crippen molar-refractivity contribution in [2.75, 3.05) is 24.5 Å². The van der Waals surface area contributed by atoms with Crippen LogP contribution in [0.2, 0.25) is 0 Å². The first-order valence-electron chi connectivity index (χ1n) is 7.93. The predicted octanol–water partition coefficient (Wildman–Crippen LogP) is 4.13. The second-order valence-corrected chi connectivity index (χ2v) is 5.55. The Hall–Kier alpha value is -1.02. The lowest BCUT2D eigenvalue weighted by molar-refractivity contribution is 0.518. The monoisotopic (exact) mass is 260 g/mol. The van der Waals surface area contributed by atoms with Crippen LogP contribution in [0.4, 0.5) is 5.69 Å². The Morgan fingerprint density at radius 2 is 1.74 bits per heavy atom. The van der Waals surface area contributed by atoms with Crippen LogP contribution in [0, 0.1) is 0 Å². The second kappa shape index (κ2) is 7.54. The minimum absolute atomic E-state index is 0.510. The normalized spacial score (nSPS) is 17.5. The average Bonchev–Trinajstić information content (AvgIpc) is 2.49. The fourth-order valence-corrected chi connectivity index (χ4v) is 2.89. The third-order valence-electron chi connectivity index (χ3n) is 4.07. The SMILES string of the molecule is CCCNC(CC)c1ccc(N2CCCCC2)cc1. The van der Waals surface area contributed by atoms with Crippen molar-refractivity contribution >= 4 is 5.69 Å². The summed E-state index contributed by atoms with van der Waals surface area (Å²) in [5, 5.41) is 3.62. The Balaban J connectivity index is 1.99. The van der Waals surface area contributed by atoms with Gasteiger partial charge in [0.2, 0.25) is 0 Å². The van der Waals surface area contributed by atoms with Crippen LogP contribution in [0.3, 0.4) is 0 Å². The molecule has 1 aromatic carbocycles. The zero-order chi connectivity index (χ0) is 13.5. The van der Waals surface area contributed by atoms with Crippen LogP contribution in [-0.2, 0) is 0 Å². The molecule has 0 aromatic heterocycles. The second-order valence-electron chi connectivity index (χ2n) is 5.55. The van der Waals surface area contributed by atoms with Crippen LogP contribution < -0.4 is 10.2 Å². The van der Waals surface area contributed by atoms with Crippen LogP contribution in [0.15, 0.2) is 24.3 Å². The van der Waals surface area contributed by atoms with Gasteiger partial charge < -0.3 is 10.2 Å². The lowest BCUT2D eigenvalue weighted by Crippen LogP contribution is -2.29. The number of piperidine rings is 1. The maximum Gasteiger partial charge on any atom is 0.0366 e. The van der Waals surface area contributed by atoms with Gasteiger partial charge in [0, 0.05) is 24.8 Å². The summed E-state index contributed by atoms with van der Waals surface area (Å²) < 4.78 is 0. The molecule has 1 unspecified atom stereocenters. The highest BCUT2D eigenvalue weighted by Gasteiger charge is 2.12. The van der Waals surface area contributed by atoms with E-state index in [-0.39, 0.29) is 0 Å². The Morgan fingerprint density at radius 3 is 2.32 bits per heavy atom. The summed E-state index contributed by atoms with van der Waals surface area (Å²) in [4.78, 5) is 2.52. The van der Waals surface area contributed by atoms with Gasteiger partial charge in [0.05, 0.1) is 0 Å². The lowest BCUT2D eigenvalue weighted by atomic mass is 10.0. The Morgan fingerprint density at radius 1 is 1.05 bits per heavy atom. The molecule has 106 valence electrons. The first-order valence-corrected chi connectivity index (χ1v) is 7.93. The topological polar surface area (TPSA) is 15.3 Å². The molecule has 0 aliphatic carbocycles. The van der Waals surface area contributed by atoms with Crippen molar-refractivity contribution < 1.29 is 0 Å². The number of hydrogen-bond acceptors (Lipinski definition) is 2. The van der Waals surface area contributed by atoms with E-state index >= 15 is 0 Å². The molecule has 2 rings (SSSR count). The summed E-state index contributed by atoms with van der Waals surface area (Å²) in [6.07, 6.45) is 6.44. The van der Waals surface area contributed by atoms with E-state index in [4.69, 9.17) is 0 Å². The molecule has 0 saturated carbocycles. The number of anilines is 1. The minimum atomic E-state index is 0.510. The molecule has 1 aliphatic heterocycles. The molecule has 0 amide bonds. The average molecular weight is 260 g/mol. The van der Waals surface area contributed by atoms with Gasteiger partial charge in [0.25, 0.3) is 0 Å². The molecule has 0 bridgehead atoms. The number of benzene rings is 1. The van der Waals surface area contributed by atoms with Crippen molar-refractivity contribution in [3.05, 3.63) is 29.8 Å². The maximum absolute atomic E-state index is 3.62. The van der Waals surface area contributed by atoms with E-state index in [1.54, 1.807) is 0 Å². The summed E-state index contributed by atoms with van der Waals surface area (Å²) in [6, 6.07) is 9.73. The van der Waals surface area contributed by atoms with Crippen molar-refractivity contribution in [1.82, 2.24) is 5.32 Å². The fourth-order valence-electron chi connectivity index (χ4n) is 2.89. The molecule has 2 heteroatoms. The standard InChI is InChI=1S/C17H28N2/c1-3-12-18-17(4-2)15-8-10-16(11-9-15)19-13-6-5-7-14-19/h8-11,17-18H,3-7,12-14H2,1-2H3. The molecule has 1 aromatic rings. The Labute approximate surface area is 118 Å². The molecule has 1 atom stereocenters. The predicted molar refractivity (Wildman–Crippen MR) is 83.8 cm³/mol. The molecular weight excluding hydrogens is 232 g/mol. The largest absolute Gasteiger partial charge is 0.372 e. The van der Waals surface area contributed by atoms with Crippen molar-refractivity contribution in [1.29, 1.82) is 0 Å². The van der Waals surface area contributed by atoms with Crippen LogP contribution in [0.5, 0.6) is 0 Å². The summed E-state index contributed by atoms with van der Waals surface area (Å²) in [6.45, 7) is 8.03. The van der Waals surface area contributed by atoms with E-state index < -0.39 is 0 Å². The van der Waals surface area contributed by atoms with Crippen molar-refractivity contribution in [3.63, 3.8) is 0 Å². The molecule has 0 spiro atoms. The van der Waals surface area contributed by atoms with E-state index in [1.165, 1.54) is 50.0 Å². The highest BCUT2D eigenvalue weighted by atomic mass is 15.1. The molecule has 19 heavy (non-hydrogen) atoms. The fraction of sp³-hybridized carbons (Fsp3) is 0.647. The smallest absolute Gasteiger partial charge is 0.0366 e. The van der Waals surface area contributed by atoms with Crippen LogP contribution >= 0.6 is 0 Å². The van der Waals surface area contributed by atoms with Gasteiger partial charge in [-0.05, 0) is 56.3 Å². The van der Waals surface area contributed by atoms with Crippen molar-refractivity contribution in [2.45, 2.75) is 52.0 Å². The summed E-state index contributed by atoms with van der Waals surface area (Å²) >= 11 is 0. The highest BCUT2D eigenvalue weighted by Crippen LogP contribution is 2.23. The maximum atomic E-state index is 3.62. The molecule has 1 fully saturated rings. The highest BCUT2D eigenvalue weighted by molar-refractivity contribution is 5.48. The zero-order valence-corrected chi connectivity index (χ0v) is 12.5. The number of nitrogens with one attached hydrogen (secondary N) is 1. The quantitative estimate of drug-likeness (QED) is 0.827. The van der Waals surface area contributed by atoms with E-state index in [2.05, 4.69) is 48.3 Å². The van der Waals surface area contributed by atoms with Crippen LogP contribution in [0.25, 0.3) is 0 Å². The van der Waals surface area contributed by atoms with Crippen LogP contribution in [0.1, 0.15) is 57.6 Å². The molecule has 1 aliphatic rings. The number of nitrogens with zero attached hydrogens (tertiary/aromatic N) is 1. The van der Waals surface area contributed by atoms with Gasteiger partial charge in [-0.2, -0.15) is 0 Å². The molecule has 0 radical (unpaired) electrons. The van der Waals surface area contributed by atoms with Crippen molar-refractivity contribution in [2.24, 2.45) is 0 Å². The Kier molecular flexibility index (Phi) is 5.71. The molecule has 1 N–H and O–H groups in total. The molecule has 2 nitrogen and oxygen atoms in total. The summed E-state index contributed by atoms with van der Waals surface area (Å²) in [5.74, 6) is 0. The molecule has 1 heterocycles. The summed E-state index contributed by atoms with van der Waals surface area (Å²) in [7, 11) is 0. The van der Waals surface area contributed by atoms with E-state index in [0.29, 0.717) is 6.04 Å². The van der Waals surface area contributed by atoms with Crippen LogP contribution in [-0.4, -0.2) is 19.6 Å². The van der Waals surface area contributed by atoms with Gasteiger partial charge in [-0.1, -0.05) is 26.0 Å². The van der Waals surface area contributed by atoms with Gasteiger partial charge in [-0.3, -0.25) is 0 Å². The van der Waals surface area contributed by atoms with Gasteiger partial charge in [-0.25, -0.2) is 0 Å². The van der Waals surface area contributed by atoms with Gasteiger partial charge in [0.1, 0.15) is 0 Å². The first-order chi connectivity index (χ1) is 9.35. The Bertz CT molecular complexity index is 352. The van der Waals surface area contributed by atoms with E-state index in [9.17, 15) is 0 Å². The lowest BCUT2D eigenvalue weighted by Gasteiger charge is -2.29. The first kappa shape index (κ1) is 14.4. The van der Waals surface area contributed by atoms with E-state index in [0.717, 1.165) is 13.0 Å². The number of hydrogen-bond donors (Lipinski definition) is 1. The summed E-state index contributed by atoms with van der Waals surface area (Å²) in [5.41, 5.74) is 2.82. The number of rotatable bonds is 6. The van der Waals surface area contributed by atoms with Gasteiger partial charge in [-0.15, -0.1) is 0 Å². The molecular formula is C17H28N2. The third-order valence-corrected chi connectivity index (χ3v) is 4.07. The third kappa shape index (κ3) is 3.97. The van der Waals surface area contributed by atoms with E-state index in [1.807, 2.05) is 0 Å². The van der Waals surface area contributed by atoms with Gasteiger partial charge in [0.15, 0.2) is 0 Å². The van der Waals surface area contributed by atoms with Crippen molar-refractivity contribution in [3.8, 4) is 0 Å². The zero-order valence-electron chi connectivity index (χ0n) is 12.5. The molecule has 1 saturated heterocycles. The minimum Gasteiger partial charge on any atom is -0.372 e.